The van der Waals surface area contributed by atoms with Crippen LogP contribution in [-0.4, -0.2) is 71.8 Å². The first-order chi connectivity index (χ1) is 9.35. The van der Waals surface area contributed by atoms with E-state index < -0.39 is 21.4 Å². The van der Waals surface area contributed by atoms with E-state index in [0.29, 0.717) is 0 Å². The van der Waals surface area contributed by atoms with Gasteiger partial charge in [0.15, 0.2) is 0 Å². The fraction of sp³-hybridized carbons (Fsp3) is 0.909. The number of ether oxygens (including phenoxy) is 3. The number of rotatable bonds is 8. The molecule has 0 amide bonds. The first kappa shape index (κ1) is 17.3. The molecule has 0 radical (unpaired) electrons. The molecule has 9 heteroatoms. The van der Waals surface area contributed by atoms with Gasteiger partial charge in [0.2, 0.25) is 10.0 Å². The van der Waals surface area contributed by atoms with Crippen molar-refractivity contribution in [1.29, 1.82) is 0 Å². The van der Waals surface area contributed by atoms with Crippen LogP contribution in [0.2, 0.25) is 0 Å². The van der Waals surface area contributed by atoms with E-state index in [1.807, 2.05) is 0 Å². The van der Waals surface area contributed by atoms with Crippen LogP contribution in [0.5, 0.6) is 0 Å². The van der Waals surface area contributed by atoms with Crippen molar-refractivity contribution < 1.29 is 32.3 Å². The van der Waals surface area contributed by atoms with Crippen molar-refractivity contribution in [3.63, 3.8) is 0 Å². The Labute approximate surface area is 118 Å². The smallest absolute Gasteiger partial charge is 0.316 e. The van der Waals surface area contributed by atoms with Gasteiger partial charge in [0, 0.05) is 14.2 Å². The minimum Gasteiger partial charge on any atom is -0.464 e. The summed E-state index contributed by atoms with van der Waals surface area (Å²) in [7, 11) is -0.414. The van der Waals surface area contributed by atoms with Gasteiger partial charge < -0.3 is 14.2 Å². The van der Waals surface area contributed by atoms with Crippen LogP contribution in [0.3, 0.4) is 0 Å². The van der Waals surface area contributed by atoms with Crippen LogP contribution in [0.1, 0.15) is 6.92 Å². The zero-order chi connectivity index (χ0) is 15.2. The summed E-state index contributed by atoms with van der Waals surface area (Å²) in [4.78, 5) is 16.9. The highest BCUT2D eigenvalue weighted by Crippen LogP contribution is 2.19. The van der Waals surface area contributed by atoms with Gasteiger partial charge in [-0.15, -0.1) is 0 Å². The van der Waals surface area contributed by atoms with Crippen molar-refractivity contribution in [3.8, 4) is 0 Å². The van der Waals surface area contributed by atoms with Gasteiger partial charge in [-0.2, -0.15) is 0 Å². The molecule has 1 heterocycles. The molecule has 0 aromatic heterocycles. The third-order valence-electron chi connectivity index (χ3n) is 2.81. The van der Waals surface area contributed by atoms with Crippen LogP contribution in [0.4, 0.5) is 0 Å². The average molecular weight is 311 g/mol. The van der Waals surface area contributed by atoms with Gasteiger partial charge >= 0.3 is 5.97 Å². The van der Waals surface area contributed by atoms with Crippen molar-refractivity contribution in [2.24, 2.45) is 5.41 Å². The molecule has 0 unspecified atom stereocenters. The van der Waals surface area contributed by atoms with E-state index in [0.717, 1.165) is 4.47 Å². The fourth-order valence-electron chi connectivity index (χ4n) is 1.81. The van der Waals surface area contributed by atoms with Gasteiger partial charge in [0.05, 0.1) is 32.1 Å². The lowest BCUT2D eigenvalue weighted by atomic mass is 9.93. The summed E-state index contributed by atoms with van der Waals surface area (Å²) >= 11 is 0. The van der Waals surface area contributed by atoms with Crippen LogP contribution in [0.15, 0.2) is 0 Å². The van der Waals surface area contributed by atoms with Crippen LogP contribution < -0.4 is 0 Å². The van der Waals surface area contributed by atoms with E-state index in [2.05, 4.69) is 0 Å². The quantitative estimate of drug-likeness (QED) is 0.553. The maximum absolute atomic E-state index is 12.0. The number of hydroxylamine groups is 1. The second-order valence-corrected chi connectivity index (χ2v) is 6.72. The van der Waals surface area contributed by atoms with Gasteiger partial charge in [-0.1, -0.05) is 4.47 Å². The van der Waals surface area contributed by atoms with Crippen molar-refractivity contribution >= 4 is 16.0 Å². The van der Waals surface area contributed by atoms with Crippen LogP contribution in [0.25, 0.3) is 0 Å². The van der Waals surface area contributed by atoms with E-state index in [4.69, 9.17) is 19.0 Å². The molecule has 0 bridgehead atoms. The van der Waals surface area contributed by atoms with E-state index in [1.165, 1.54) is 14.2 Å². The third kappa shape index (κ3) is 4.38. The van der Waals surface area contributed by atoms with Crippen molar-refractivity contribution in [2.75, 3.05) is 52.9 Å². The predicted molar refractivity (Wildman–Crippen MR) is 69.3 cm³/mol. The lowest BCUT2D eigenvalue weighted by molar-refractivity contribution is -0.164. The Balaban J connectivity index is 2.45. The number of sulfonamides is 1. The Morgan fingerprint density at radius 1 is 1.30 bits per heavy atom. The highest BCUT2D eigenvalue weighted by atomic mass is 32.2. The summed E-state index contributed by atoms with van der Waals surface area (Å²) < 4.78 is 38.8. The lowest BCUT2D eigenvalue weighted by Gasteiger charge is -2.25. The summed E-state index contributed by atoms with van der Waals surface area (Å²) in [6.07, 6.45) is 0. The van der Waals surface area contributed by atoms with Crippen molar-refractivity contribution in [3.05, 3.63) is 0 Å². The second kappa shape index (κ2) is 7.32. The monoisotopic (exact) mass is 311 g/mol. The predicted octanol–water partition coefficient (Wildman–Crippen LogP) is -0.594. The zero-order valence-corrected chi connectivity index (χ0v) is 12.8. The molecule has 0 atom stereocenters. The van der Waals surface area contributed by atoms with E-state index in [9.17, 15) is 13.2 Å². The van der Waals surface area contributed by atoms with E-state index in [-0.39, 0.29) is 38.7 Å². The number of methoxy groups -OCH3 is 2. The number of carbonyl (C=O) groups excluding carboxylic acids is 1. The average Bonchev–Trinajstić information content (AvgIpc) is 2.69. The minimum absolute atomic E-state index is 0.0237. The molecule has 1 aliphatic heterocycles. The van der Waals surface area contributed by atoms with E-state index in [1.54, 1.807) is 6.92 Å². The van der Waals surface area contributed by atoms with Gasteiger partial charge in [-0.3, -0.25) is 9.63 Å². The van der Waals surface area contributed by atoms with Gasteiger partial charge in [-0.05, 0) is 6.92 Å². The third-order valence-corrected chi connectivity index (χ3v) is 4.40. The van der Waals surface area contributed by atoms with Gasteiger partial charge in [0.1, 0.15) is 12.0 Å². The van der Waals surface area contributed by atoms with Crippen LogP contribution in [0, 0.1) is 5.41 Å². The molecule has 0 saturated carbocycles. The summed E-state index contributed by atoms with van der Waals surface area (Å²) in [5, 5.41) is 0. The van der Waals surface area contributed by atoms with Gasteiger partial charge in [0.25, 0.3) is 0 Å². The zero-order valence-electron chi connectivity index (χ0n) is 12.0. The summed E-state index contributed by atoms with van der Waals surface area (Å²) in [5.74, 6) is -0.552. The Morgan fingerprint density at radius 2 is 1.90 bits per heavy atom. The molecule has 1 rings (SSSR count). The normalized spacial score (nSPS) is 19.1. The molecule has 118 valence electrons. The lowest BCUT2D eigenvalue weighted by Crippen LogP contribution is -2.39. The fourth-order valence-corrected chi connectivity index (χ4v) is 2.89. The standard InChI is InChI=1S/C11H21NO7S/c1-11(8-16-2,9-17-3)10(13)18-5-4-12-19-6-7-20(12,14)15/h4-9H2,1-3H3. The first-order valence-corrected chi connectivity index (χ1v) is 7.75. The first-order valence-electron chi connectivity index (χ1n) is 6.14. The number of hydrogen-bond donors (Lipinski definition) is 0. The maximum atomic E-state index is 12.0. The summed E-state index contributed by atoms with van der Waals surface area (Å²) in [6.45, 7) is 1.98. The second-order valence-electron chi connectivity index (χ2n) is 4.74. The highest BCUT2D eigenvalue weighted by molar-refractivity contribution is 7.89. The molecular formula is C11H21NO7S. The summed E-state index contributed by atoms with van der Waals surface area (Å²) in [6, 6.07) is 0. The number of hydrogen-bond acceptors (Lipinski definition) is 7. The topological polar surface area (TPSA) is 91.4 Å². The summed E-state index contributed by atoms with van der Waals surface area (Å²) in [5.41, 5.74) is -0.922. The van der Waals surface area contributed by atoms with Crippen LogP contribution >= 0.6 is 0 Å². The molecule has 1 fully saturated rings. The largest absolute Gasteiger partial charge is 0.464 e. The molecule has 0 aromatic rings. The number of carbonyl (C=O) groups is 1. The van der Waals surface area contributed by atoms with E-state index >= 15 is 0 Å². The molecule has 8 nitrogen and oxygen atoms in total. The Hall–Kier alpha value is -0.740. The number of nitrogens with zero attached hydrogens (tertiary/aromatic N) is 1. The Kier molecular flexibility index (Phi) is 6.34. The highest BCUT2D eigenvalue weighted by Gasteiger charge is 2.36. The molecular weight excluding hydrogens is 290 g/mol. The molecule has 0 aliphatic carbocycles. The maximum Gasteiger partial charge on any atom is 0.316 e. The molecule has 1 saturated heterocycles. The SMILES string of the molecule is COCC(C)(COC)C(=O)OCCN1OCCS1(=O)=O. The minimum atomic E-state index is -3.37. The molecule has 20 heavy (non-hydrogen) atoms. The van der Waals surface area contributed by atoms with Crippen molar-refractivity contribution in [1.82, 2.24) is 4.47 Å². The number of esters is 1. The molecule has 1 aliphatic rings. The van der Waals surface area contributed by atoms with Gasteiger partial charge in [-0.25, -0.2) is 8.42 Å². The Bertz CT molecular complexity index is 416. The van der Waals surface area contributed by atoms with Crippen molar-refractivity contribution in [2.45, 2.75) is 6.92 Å². The molecule has 0 N–H and O–H groups in total. The molecule has 0 aromatic carbocycles. The Morgan fingerprint density at radius 3 is 2.35 bits per heavy atom. The molecule has 0 spiro atoms. The van der Waals surface area contributed by atoms with Crippen LogP contribution in [-0.2, 0) is 33.9 Å².